The molecule has 0 bridgehead atoms. The first kappa shape index (κ1) is 16.3. The summed E-state index contributed by atoms with van der Waals surface area (Å²) in [6, 6.07) is 8.28. The van der Waals surface area contributed by atoms with Crippen molar-refractivity contribution in [2.75, 3.05) is 26.8 Å². The molecule has 21 heavy (non-hydrogen) atoms. The van der Waals surface area contributed by atoms with Gasteiger partial charge < -0.3 is 10.1 Å². The minimum Gasteiger partial charge on any atom is -0.383 e. The van der Waals surface area contributed by atoms with E-state index in [-0.39, 0.29) is 11.9 Å². The fourth-order valence-corrected chi connectivity index (χ4v) is 3.00. The predicted molar refractivity (Wildman–Crippen MR) is 84.5 cm³/mol. The molecule has 0 radical (unpaired) electrons. The highest BCUT2D eigenvalue weighted by atomic mass is 35.5. The SMILES string of the molecule is COC[C@H](C)NC(=O)CN1CCC[C@H]1c1ccc(Cl)cc1. The quantitative estimate of drug-likeness (QED) is 0.878. The Kier molecular flexibility index (Phi) is 6.03. The van der Waals surface area contributed by atoms with Crippen LogP contribution in [-0.4, -0.2) is 43.7 Å². The van der Waals surface area contributed by atoms with Gasteiger partial charge >= 0.3 is 0 Å². The summed E-state index contributed by atoms with van der Waals surface area (Å²) in [5.41, 5.74) is 1.23. The number of ether oxygens (including phenoxy) is 1. The van der Waals surface area contributed by atoms with Crippen LogP contribution < -0.4 is 5.32 Å². The number of rotatable bonds is 6. The summed E-state index contributed by atoms with van der Waals surface area (Å²) in [6.07, 6.45) is 2.21. The van der Waals surface area contributed by atoms with Crippen LogP contribution in [-0.2, 0) is 9.53 Å². The number of amides is 1. The van der Waals surface area contributed by atoms with Crippen molar-refractivity contribution in [1.29, 1.82) is 0 Å². The van der Waals surface area contributed by atoms with Gasteiger partial charge in [-0.15, -0.1) is 0 Å². The van der Waals surface area contributed by atoms with Crippen LogP contribution in [0.3, 0.4) is 0 Å². The Bertz CT molecular complexity index is 464. The number of likely N-dealkylation sites (tertiary alicyclic amines) is 1. The summed E-state index contributed by atoms with van der Waals surface area (Å²) in [5.74, 6) is 0.0559. The van der Waals surface area contributed by atoms with Crippen molar-refractivity contribution in [3.63, 3.8) is 0 Å². The summed E-state index contributed by atoms with van der Waals surface area (Å²) >= 11 is 5.94. The first-order chi connectivity index (χ1) is 10.1. The van der Waals surface area contributed by atoms with Crippen LogP contribution in [0, 0.1) is 0 Å². The van der Waals surface area contributed by atoms with Gasteiger partial charge in [0.25, 0.3) is 0 Å². The maximum absolute atomic E-state index is 12.1. The third kappa shape index (κ3) is 4.70. The zero-order valence-corrected chi connectivity index (χ0v) is 13.4. The molecule has 1 heterocycles. The molecule has 0 aliphatic carbocycles. The lowest BCUT2D eigenvalue weighted by Crippen LogP contribution is -2.42. The van der Waals surface area contributed by atoms with E-state index in [0.29, 0.717) is 19.2 Å². The lowest BCUT2D eigenvalue weighted by molar-refractivity contribution is -0.123. The smallest absolute Gasteiger partial charge is 0.234 e. The molecule has 0 unspecified atom stereocenters. The second-order valence-corrected chi connectivity index (χ2v) is 6.04. The molecule has 1 fully saturated rings. The van der Waals surface area contributed by atoms with E-state index in [1.807, 2.05) is 19.1 Å². The Morgan fingerprint density at radius 3 is 2.86 bits per heavy atom. The van der Waals surface area contributed by atoms with Gasteiger partial charge in [-0.1, -0.05) is 23.7 Å². The van der Waals surface area contributed by atoms with E-state index in [0.717, 1.165) is 24.4 Å². The fourth-order valence-electron chi connectivity index (χ4n) is 2.87. The van der Waals surface area contributed by atoms with Gasteiger partial charge in [0.1, 0.15) is 0 Å². The molecular weight excluding hydrogens is 288 g/mol. The molecule has 1 saturated heterocycles. The summed E-state index contributed by atoms with van der Waals surface area (Å²) in [7, 11) is 1.64. The van der Waals surface area contributed by atoms with Gasteiger partial charge in [-0.05, 0) is 44.0 Å². The third-order valence-electron chi connectivity index (χ3n) is 3.79. The maximum atomic E-state index is 12.1. The van der Waals surface area contributed by atoms with Crippen LogP contribution in [0.15, 0.2) is 24.3 Å². The van der Waals surface area contributed by atoms with Gasteiger partial charge in [-0.3, -0.25) is 9.69 Å². The van der Waals surface area contributed by atoms with E-state index < -0.39 is 0 Å². The number of hydrogen-bond acceptors (Lipinski definition) is 3. The number of carbonyl (C=O) groups excluding carboxylic acids is 1. The first-order valence-electron chi connectivity index (χ1n) is 7.38. The van der Waals surface area contributed by atoms with E-state index in [1.54, 1.807) is 7.11 Å². The number of nitrogens with one attached hydrogen (secondary N) is 1. The van der Waals surface area contributed by atoms with Crippen molar-refractivity contribution in [2.24, 2.45) is 0 Å². The minimum atomic E-state index is 0.0408. The normalized spacial score (nSPS) is 20.4. The zero-order valence-electron chi connectivity index (χ0n) is 12.6. The molecular formula is C16H23ClN2O2. The van der Waals surface area contributed by atoms with Crippen molar-refractivity contribution in [1.82, 2.24) is 10.2 Å². The van der Waals surface area contributed by atoms with Crippen LogP contribution >= 0.6 is 11.6 Å². The van der Waals surface area contributed by atoms with E-state index in [2.05, 4.69) is 22.3 Å². The third-order valence-corrected chi connectivity index (χ3v) is 4.04. The number of benzene rings is 1. The number of carbonyl (C=O) groups is 1. The van der Waals surface area contributed by atoms with Crippen LogP contribution in [0.2, 0.25) is 5.02 Å². The lowest BCUT2D eigenvalue weighted by Gasteiger charge is -2.25. The summed E-state index contributed by atoms with van der Waals surface area (Å²) in [4.78, 5) is 14.3. The van der Waals surface area contributed by atoms with Gasteiger partial charge in [0.15, 0.2) is 0 Å². The maximum Gasteiger partial charge on any atom is 0.234 e. The van der Waals surface area contributed by atoms with E-state index >= 15 is 0 Å². The highest BCUT2D eigenvalue weighted by Gasteiger charge is 2.27. The van der Waals surface area contributed by atoms with Gasteiger partial charge in [0.2, 0.25) is 5.91 Å². The second kappa shape index (κ2) is 7.78. The Morgan fingerprint density at radius 2 is 2.19 bits per heavy atom. The molecule has 4 nitrogen and oxygen atoms in total. The molecule has 1 aromatic rings. The molecule has 0 spiro atoms. The monoisotopic (exact) mass is 310 g/mol. The Hall–Kier alpha value is -1.10. The minimum absolute atomic E-state index is 0.0408. The summed E-state index contributed by atoms with van der Waals surface area (Å²) < 4.78 is 5.04. The highest BCUT2D eigenvalue weighted by molar-refractivity contribution is 6.30. The number of halogens is 1. The van der Waals surface area contributed by atoms with Crippen LogP contribution in [0.1, 0.15) is 31.4 Å². The van der Waals surface area contributed by atoms with Crippen molar-refractivity contribution < 1.29 is 9.53 Å². The van der Waals surface area contributed by atoms with Gasteiger partial charge in [0.05, 0.1) is 13.2 Å². The topological polar surface area (TPSA) is 41.6 Å². The van der Waals surface area contributed by atoms with E-state index in [4.69, 9.17) is 16.3 Å². The van der Waals surface area contributed by atoms with Crippen molar-refractivity contribution >= 4 is 17.5 Å². The first-order valence-corrected chi connectivity index (χ1v) is 7.75. The number of nitrogens with zero attached hydrogens (tertiary/aromatic N) is 1. The molecule has 1 amide bonds. The average Bonchev–Trinajstić information content (AvgIpc) is 2.87. The van der Waals surface area contributed by atoms with E-state index in [1.165, 1.54) is 5.56 Å². The molecule has 1 N–H and O–H groups in total. The molecule has 116 valence electrons. The van der Waals surface area contributed by atoms with Crippen molar-refractivity contribution in [2.45, 2.75) is 31.8 Å². The molecule has 0 saturated carbocycles. The Labute approximate surface area is 131 Å². The van der Waals surface area contributed by atoms with Crippen LogP contribution in [0.5, 0.6) is 0 Å². The number of methoxy groups -OCH3 is 1. The van der Waals surface area contributed by atoms with Crippen LogP contribution in [0.4, 0.5) is 0 Å². The van der Waals surface area contributed by atoms with Crippen molar-refractivity contribution in [3.05, 3.63) is 34.9 Å². The largest absolute Gasteiger partial charge is 0.383 e. The average molecular weight is 311 g/mol. The molecule has 5 heteroatoms. The highest BCUT2D eigenvalue weighted by Crippen LogP contribution is 2.31. The van der Waals surface area contributed by atoms with Crippen molar-refractivity contribution in [3.8, 4) is 0 Å². The standard InChI is InChI=1S/C16H23ClN2O2/c1-12(11-21-2)18-16(20)10-19-9-3-4-15(19)13-5-7-14(17)8-6-13/h5-8,12,15H,3-4,9-11H2,1-2H3,(H,18,20)/t12-,15-/m0/s1. The summed E-state index contributed by atoms with van der Waals surface area (Å²) in [5, 5.41) is 3.71. The Morgan fingerprint density at radius 1 is 1.48 bits per heavy atom. The predicted octanol–water partition coefficient (Wildman–Crippen LogP) is 2.63. The second-order valence-electron chi connectivity index (χ2n) is 5.60. The Balaban J connectivity index is 1.92. The molecule has 2 rings (SSSR count). The zero-order chi connectivity index (χ0) is 15.2. The van der Waals surface area contributed by atoms with Crippen LogP contribution in [0.25, 0.3) is 0 Å². The molecule has 1 aliphatic heterocycles. The van der Waals surface area contributed by atoms with Gasteiger partial charge in [-0.25, -0.2) is 0 Å². The van der Waals surface area contributed by atoms with Gasteiger partial charge in [0, 0.05) is 24.2 Å². The molecule has 0 aromatic heterocycles. The fraction of sp³-hybridized carbons (Fsp3) is 0.562. The molecule has 1 aliphatic rings. The van der Waals surface area contributed by atoms with Gasteiger partial charge in [-0.2, -0.15) is 0 Å². The number of hydrogen-bond donors (Lipinski definition) is 1. The lowest BCUT2D eigenvalue weighted by atomic mass is 10.0. The molecule has 1 aromatic carbocycles. The molecule has 2 atom stereocenters. The van der Waals surface area contributed by atoms with E-state index in [9.17, 15) is 4.79 Å². The summed E-state index contributed by atoms with van der Waals surface area (Å²) in [6.45, 7) is 3.87.